The molecular formula is C16H18FN2OS+. The summed E-state index contributed by atoms with van der Waals surface area (Å²) in [4.78, 5) is 4.48. The number of furan rings is 1. The van der Waals surface area contributed by atoms with Crippen molar-refractivity contribution in [3.63, 3.8) is 0 Å². The number of nitrogens with zero attached hydrogens (tertiary/aromatic N) is 1. The molecule has 1 N–H and O–H groups in total. The average molecular weight is 305 g/mol. The number of thiocarbonyl (C=S) groups is 1. The zero-order valence-electron chi connectivity index (χ0n) is 11.9. The summed E-state index contributed by atoms with van der Waals surface area (Å²) < 4.78 is 18.8. The van der Waals surface area contributed by atoms with Crippen LogP contribution in [0.2, 0.25) is 0 Å². The largest absolute Gasteiger partial charge is 0.454 e. The molecule has 0 aliphatic carbocycles. The number of quaternary nitrogens is 1. The highest BCUT2D eigenvalue weighted by atomic mass is 32.1. The Morgan fingerprint density at radius 2 is 1.81 bits per heavy atom. The third-order valence-electron chi connectivity index (χ3n) is 3.85. The first-order valence-electron chi connectivity index (χ1n) is 7.10. The topological polar surface area (TPSA) is 20.8 Å². The molecule has 1 fully saturated rings. The Morgan fingerprint density at radius 3 is 2.48 bits per heavy atom. The number of piperazine rings is 1. The maximum atomic E-state index is 13.0. The van der Waals surface area contributed by atoms with Crippen LogP contribution in [0.15, 0.2) is 40.8 Å². The van der Waals surface area contributed by atoms with Crippen molar-refractivity contribution in [2.75, 3.05) is 33.2 Å². The van der Waals surface area contributed by atoms with E-state index in [9.17, 15) is 4.39 Å². The van der Waals surface area contributed by atoms with Crippen LogP contribution in [-0.4, -0.2) is 43.1 Å². The van der Waals surface area contributed by atoms with Gasteiger partial charge in [0.2, 0.25) is 0 Å². The average Bonchev–Trinajstić information content (AvgIpc) is 2.98. The Kier molecular flexibility index (Phi) is 4.03. The van der Waals surface area contributed by atoms with E-state index in [0.29, 0.717) is 11.5 Å². The number of likely N-dealkylation sites (N-methyl/N-ethyl adjacent to an activating group) is 1. The number of benzene rings is 1. The highest BCUT2D eigenvalue weighted by molar-refractivity contribution is 7.80. The maximum Gasteiger partial charge on any atom is 0.162 e. The standard InChI is InChI=1S/C16H17FN2OS/c1-18-8-10-19(11-9-18)16(21)15-7-6-14(20-15)12-2-4-13(17)5-3-12/h2-7H,8-11H2,1H3/p+1. The second-order valence-corrected chi connectivity index (χ2v) is 5.81. The Bertz CT molecular complexity index is 630. The molecule has 1 aromatic heterocycles. The van der Waals surface area contributed by atoms with Gasteiger partial charge in [0.1, 0.15) is 16.6 Å². The van der Waals surface area contributed by atoms with Gasteiger partial charge in [-0.3, -0.25) is 0 Å². The fourth-order valence-electron chi connectivity index (χ4n) is 2.47. The predicted octanol–water partition coefficient (Wildman–Crippen LogP) is 1.59. The van der Waals surface area contributed by atoms with Crippen molar-refractivity contribution in [2.24, 2.45) is 0 Å². The van der Waals surface area contributed by atoms with Crippen molar-refractivity contribution in [1.29, 1.82) is 0 Å². The molecule has 1 aliphatic heterocycles. The molecule has 3 rings (SSSR count). The van der Waals surface area contributed by atoms with E-state index in [-0.39, 0.29) is 5.82 Å². The molecule has 1 aromatic carbocycles. The zero-order chi connectivity index (χ0) is 14.8. The van der Waals surface area contributed by atoms with Gasteiger partial charge < -0.3 is 14.2 Å². The van der Waals surface area contributed by atoms with Crippen molar-refractivity contribution >= 4 is 17.2 Å². The summed E-state index contributed by atoms with van der Waals surface area (Å²) in [6, 6.07) is 10.1. The van der Waals surface area contributed by atoms with Crippen LogP contribution in [0.4, 0.5) is 4.39 Å². The second kappa shape index (κ2) is 5.95. The number of hydrogen-bond donors (Lipinski definition) is 1. The summed E-state index contributed by atoms with van der Waals surface area (Å²) >= 11 is 5.53. The van der Waals surface area contributed by atoms with E-state index >= 15 is 0 Å². The molecule has 0 bridgehead atoms. The van der Waals surface area contributed by atoms with Crippen LogP contribution in [0.3, 0.4) is 0 Å². The number of nitrogens with one attached hydrogen (secondary N) is 1. The monoisotopic (exact) mass is 305 g/mol. The Labute approximate surface area is 129 Å². The van der Waals surface area contributed by atoms with Gasteiger partial charge in [-0.05, 0) is 36.4 Å². The summed E-state index contributed by atoms with van der Waals surface area (Å²) in [6.45, 7) is 4.09. The second-order valence-electron chi connectivity index (χ2n) is 5.42. The molecule has 0 spiro atoms. The third-order valence-corrected chi connectivity index (χ3v) is 4.31. The fraction of sp³-hybridized carbons (Fsp3) is 0.312. The molecule has 1 saturated heterocycles. The number of halogens is 1. The van der Waals surface area contributed by atoms with Crippen LogP contribution in [0.1, 0.15) is 5.76 Å². The first kappa shape index (κ1) is 14.2. The van der Waals surface area contributed by atoms with Gasteiger partial charge in [-0.2, -0.15) is 0 Å². The Morgan fingerprint density at radius 1 is 1.14 bits per heavy atom. The lowest BCUT2D eigenvalue weighted by Gasteiger charge is -2.31. The first-order chi connectivity index (χ1) is 10.1. The lowest BCUT2D eigenvalue weighted by atomic mass is 10.2. The third kappa shape index (κ3) is 3.14. The molecule has 0 unspecified atom stereocenters. The molecule has 2 aromatic rings. The Balaban J connectivity index is 1.75. The summed E-state index contributed by atoms with van der Waals surface area (Å²) in [5.74, 6) is 1.18. The minimum absolute atomic E-state index is 0.249. The molecule has 0 atom stereocenters. The van der Waals surface area contributed by atoms with Crippen molar-refractivity contribution in [3.8, 4) is 11.3 Å². The fourth-order valence-corrected chi connectivity index (χ4v) is 2.76. The summed E-state index contributed by atoms with van der Waals surface area (Å²) in [5.41, 5.74) is 0.855. The van der Waals surface area contributed by atoms with Gasteiger partial charge >= 0.3 is 0 Å². The minimum Gasteiger partial charge on any atom is -0.454 e. The molecule has 110 valence electrons. The van der Waals surface area contributed by atoms with Gasteiger partial charge in [0, 0.05) is 5.56 Å². The van der Waals surface area contributed by atoms with E-state index in [0.717, 1.165) is 36.7 Å². The zero-order valence-corrected chi connectivity index (χ0v) is 12.8. The SMILES string of the molecule is C[NH+]1CCN(C(=S)c2ccc(-c3ccc(F)cc3)o2)CC1. The first-order valence-corrected chi connectivity index (χ1v) is 7.50. The van der Waals surface area contributed by atoms with Crippen LogP contribution in [0.25, 0.3) is 11.3 Å². The van der Waals surface area contributed by atoms with Crippen molar-refractivity contribution < 1.29 is 13.7 Å². The quantitative estimate of drug-likeness (QED) is 0.851. The van der Waals surface area contributed by atoms with E-state index < -0.39 is 0 Å². The molecule has 0 saturated carbocycles. The van der Waals surface area contributed by atoms with Crippen LogP contribution in [0.5, 0.6) is 0 Å². The molecule has 0 radical (unpaired) electrons. The molecule has 2 heterocycles. The van der Waals surface area contributed by atoms with Crippen LogP contribution >= 0.6 is 12.2 Å². The lowest BCUT2D eigenvalue weighted by Crippen LogP contribution is -3.12. The summed E-state index contributed by atoms with van der Waals surface area (Å²) in [7, 11) is 2.19. The minimum atomic E-state index is -0.249. The van der Waals surface area contributed by atoms with Crippen LogP contribution in [-0.2, 0) is 0 Å². The van der Waals surface area contributed by atoms with Gasteiger partial charge in [0.05, 0.1) is 33.2 Å². The van der Waals surface area contributed by atoms with Gasteiger partial charge in [-0.1, -0.05) is 12.2 Å². The van der Waals surface area contributed by atoms with Crippen molar-refractivity contribution in [3.05, 3.63) is 48.0 Å². The van der Waals surface area contributed by atoms with Crippen molar-refractivity contribution in [1.82, 2.24) is 4.90 Å². The van der Waals surface area contributed by atoms with Gasteiger partial charge in [0.15, 0.2) is 5.76 Å². The molecule has 1 aliphatic rings. The van der Waals surface area contributed by atoms with Gasteiger partial charge in [-0.25, -0.2) is 4.39 Å². The van der Waals surface area contributed by atoms with Gasteiger partial charge in [0.25, 0.3) is 0 Å². The van der Waals surface area contributed by atoms with E-state index in [1.165, 1.54) is 17.0 Å². The van der Waals surface area contributed by atoms with E-state index in [2.05, 4.69) is 11.9 Å². The van der Waals surface area contributed by atoms with E-state index in [1.54, 1.807) is 12.1 Å². The normalized spacial score (nSPS) is 16.2. The van der Waals surface area contributed by atoms with E-state index in [4.69, 9.17) is 16.6 Å². The summed E-state index contributed by atoms with van der Waals surface area (Å²) in [6.07, 6.45) is 0. The molecular weight excluding hydrogens is 287 g/mol. The number of hydrogen-bond acceptors (Lipinski definition) is 2. The predicted molar refractivity (Wildman–Crippen MR) is 84.0 cm³/mol. The van der Waals surface area contributed by atoms with E-state index in [1.807, 2.05) is 12.1 Å². The van der Waals surface area contributed by atoms with Crippen molar-refractivity contribution in [2.45, 2.75) is 0 Å². The van der Waals surface area contributed by atoms with Crippen LogP contribution in [0, 0.1) is 5.82 Å². The molecule has 21 heavy (non-hydrogen) atoms. The van der Waals surface area contributed by atoms with Crippen LogP contribution < -0.4 is 4.90 Å². The smallest absolute Gasteiger partial charge is 0.162 e. The number of rotatable bonds is 2. The Hall–Kier alpha value is -1.72. The highest BCUT2D eigenvalue weighted by Crippen LogP contribution is 2.23. The maximum absolute atomic E-state index is 13.0. The summed E-state index contributed by atoms with van der Waals surface area (Å²) in [5, 5.41) is 0. The highest BCUT2D eigenvalue weighted by Gasteiger charge is 2.21. The molecule has 3 nitrogen and oxygen atoms in total. The lowest BCUT2D eigenvalue weighted by molar-refractivity contribution is -0.883. The molecule has 0 amide bonds. The molecule has 5 heteroatoms. The van der Waals surface area contributed by atoms with Gasteiger partial charge in [-0.15, -0.1) is 0 Å².